The summed E-state index contributed by atoms with van der Waals surface area (Å²) >= 11 is 0. The number of hydrogen-bond acceptors (Lipinski definition) is 4. The lowest BCUT2D eigenvalue weighted by Gasteiger charge is -2.38. The molecule has 0 aromatic heterocycles. The summed E-state index contributed by atoms with van der Waals surface area (Å²) in [6.07, 6.45) is 7.42. The van der Waals surface area contributed by atoms with Crippen molar-refractivity contribution in [3.05, 3.63) is 46.5 Å². The van der Waals surface area contributed by atoms with Gasteiger partial charge in [-0.25, -0.2) is 0 Å². The number of phenols is 1. The van der Waals surface area contributed by atoms with Gasteiger partial charge in [0.2, 0.25) is 0 Å². The SMILES string of the molecule is Cc1c(C)c2c(c(C)c1O)CCC(C)(CCCCCCOc1ccc(NC(=N)N)cc1)O2.Cl. The molecule has 3 rings (SSSR count). The summed E-state index contributed by atoms with van der Waals surface area (Å²) in [5.74, 6) is 2.16. The lowest BCUT2D eigenvalue weighted by Crippen LogP contribution is -2.37. The van der Waals surface area contributed by atoms with Gasteiger partial charge in [0.15, 0.2) is 5.96 Å². The van der Waals surface area contributed by atoms with Crippen LogP contribution in [0.1, 0.15) is 67.7 Å². The van der Waals surface area contributed by atoms with E-state index in [1.165, 1.54) is 5.56 Å². The van der Waals surface area contributed by atoms with Crippen LogP contribution in [0.2, 0.25) is 0 Å². The third kappa shape index (κ3) is 6.70. The van der Waals surface area contributed by atoms with Gasteiger partial charge in [-0.3, -0.25) is 5.41 Å². The van der Waals surface area contributed by atoms with Crippen LogP contribution in [0.3, 0.4) is 0 Å². The van der Waals surface area contributed by atoms with Gasteiger partial charge >= 0.3 is 0 Å². The molecule has 182 valence electrons. The fourth-order valence-corrected chi connectivity index (χ4v) is 4.41. The third-order valence-electron chi connectivity index (χ3n) is 6.59. The van der Waals surface area contributed by atoms with Crippen LogP contribution in [0.25, 0.3) is 0 Å². The number of hydrogen-bond donors (Lipinski definition) is 4. The average molecular weight is 476 g/mol. The van der Waals surface area contributed by atoms with Crippen molar-refractivity contribution in [3.63, 3.8) is 0 Å². The van der Waals surface area contributed by atoms with E-state index in [1.807, 2.05) is 45.0 Å². The number of aromatic hydroxyl groups is 1. The van der Waals surface area contributed by atoms with Crippen molar-refractivity contribution in [2.24, 2.45) is 5.73 Å². The van der Waals surface area contributed by atoms with Gasteiger partial charge in [0.25, 0.3) is 0 Å². The van der Waals surface area contributed by atoms with Crippen LogP contribution in [0.4, 0.5) is 5.69 Å². The summed E-state index contributed by atoms with van der Waals surface area (Å²) in [6, 6.07) is 7.47. The quantitative estimate of drug-likeness (QED) is 0.198. The van der Waals surface area contributed by atoms with Crippen molar-refractivity contribution < 1.29 is 14.6 Å². The zero-order valence-electron chi connectivity index (χ0n) is 20.2. The molecule has 0 aliphatic carbocycles. The molecule has 7 heteroatoms. The molecule has 1 aliphatic rings. The number of benzene rings is 2. The number of fused-ring (bicyclic) bond motifs is 1. The Kier molecular flexibility index (Phi) is 9.29. The molecular formula is C26H38ClN3O3. The van der Waals surface area contributed by atoms with E-state index in [0.717, 1.165) is 78.8 Å². The molecule has 1 unspecified atom stereocenters. The van der Waals surface area contributed by atoms with E-state index in [1.54, 1.807) is 0 Å². The van der Waals surface area contributed by atoms with Crippen LogP contribution in [0.15, 0.2) is 24.3 Å². The number of unbranched alkanes of at least 4 members (excludes halogenated alkanes) is 3. The molecule has 2 aromatic rings. The first-order valence-electron chi connectivity index (χ1n) is 11.5. The minimum atomic E-state index is -0.139. The van der Waals surface area contributed by atoms with Crippen LogP contribution in [-0.2, 0) is 6.42 Å². The predicted octanol–water partition coefficient (Wildman–Crippen LogP) is 6.16. The molecule has 1 heterocycles. The number of guanidine groups is 1. The van der Waals surface area contributed by atoms with Crippen molar-refractivity contribution in [2.45, 2.75) is 78.2 Å². The molecule has 1 atom stereocenters. The summed E-state index contributed by atoms with van der Waals surface area (Å²) in [6.45, 7) is 8.92. The lowest BCUT2D eigenvalue weighted by molar-refractivity contribution is 0.0521. The molecular weight excluding hydrogens is 438 g/mol. The first-order chi connectivity index (χ1) is 15.2. The molecule has 0 spiro atoms. The van der Waals surface area contributed by atoms with Crippen LogP contribution in [-0.4, -0.2) is 23.3 Å². The average Bonchev–Trinajstić information content (AvgIpc) is 2.76. The van der Waals surface area contributed by atoms with E-state index >= 15 is 0 Å². The number of anilines is 1. The number of nitrogens with one attached hydrogen (secondary N) is 2. The maximum Gasteiger partial charge on any atom is 0.190 e. The summed E-state index contributed by atoms with van der Waals surface area (Å²) < 4.78 is 12.3. The van der Waals surface area contributed by atoms with Gasteiger partial charge in [0.1, 0.15) is 22.8 Å². The molecule has 0 bridgehead atoms. The fraction of sp³-hybridized carbons (Fsp3) is 0.500. The summed E-state index contributed by atoms with van der Waals surface area (Å²) in [7, 11) is 0. The smallest absolute Gasteiger partial charge is 0.190 e. The Morgan fingerprint density at radius 2 is 1.76 bits per heavy atom. The summed E-state index contributed by atoms with van der Waals surface area (Å²) in [4.78, 5) is 0. The highest BCUT2D eigenvalue weighted by molar-refractivity contribution is 5.89. The van der Waals surface area contributed by atoms with Gasteiger partial charge in [-0.1, -0.05) is 12.8 Å². The number of ether oxygens (including phenoxy) is 2. The molecule has 0 saturated heterocycles. The Morgan fingerprint density at radius 1 is 1.09 bits per heavy atom. The van der Waals surface area contributed by atoms with E-state index in [4.69, 9.17) is 20.6 Å². The zero-order valence-corrected chi connectivity index (χ0v) is 21.0. The topological polar surface area (TPSA) is 101 Å². The first kappa shape index (κ1) is 26.7. The molecule has 5 N–H and O–H groups in total. The second-order valence-corrected chi connectivity index (χ2v) is 9.16. The van der Waals surface area contributed by atoms with Crippen LogP contribution < -0.4 is 20.5 Å². The Labute approximate surface area is 203 Å². The lowest BCUT2D eigenvalue weighted by atomic mass is 9.84. The number of halogens is 1. The summed E-state index contributed by atoms with van der Waals surface area (Å²) in [5.41, 5.74) is 10.1. The van der Waals surface area contributed by atoms with Crippen LogP contribution in [0, 0.1) is 26.2 Å². The third-order valence-corrected chi connectivity index (χ3v) is 6.59. The molecule has 0 amide bonds. The molecule has 6 nitrogen and oxygen atoms in total. The second kappa shape index (κ2) is 11.5. The molecule has 1 aliphatic heterocycles. The Balaban J connectivity index is 0.00000385. The highest BCUT2D eigenvalue weighted by Crippen LogP contribution is 2.44. The highest BCUT2D eigenvalue weighted by atomic mass is 35.5. The first-order valence-corrected chi connectivity index (χ1v) is 11.5. The van der Waals surface area contributed by atoms with Crippen molar-refractivity contribution in [2.75, 3.05) is 11.9 Å². The number of rotatable bonds is 9. The van der Waals surface area contributed by atoms with Crippen molar-refractivity contribution in [3.8, 4) is 17.2 Å². The molecule has 0 radical (unpaired) electrons. The van der Waals surface area contributed by atoms with Crippen LogP contribution >= 0.6 is 12.4 Å². The maximum absolute atomic E-state index is 10.4. The zero-order chi connectivity index (χ0) is 23.3. The van der Waals surface area contributed by atoms with E-state index in [0.29, 0.717) is 12.4 Å². The van der Waals surface area contributed by atoms with Gasteiger partial charge < -0.3 is 25.6 Å². The van der Waals surface area contributed by atoms with E-state index in [2.05, 4.69) is 12.2 Å². The monoisotopic (exact) mass is 475 g/mol. The Hall–Kier alpha value is -2.60. The molecule has 0 saturated carbocycles. The summed E-state index contributed by atoms with van der Waals surface area (Å²) in [5, 5.41) is 20.3. The van der Waals surface area contributed by atoms with E-state index in [9.17, 15) is 5.11 Å². The van der Waals surface area contributed by atoms with Gasteiger partial charge in [0, 0.05) is 11.3 Å². The second-order valence-electron chi connectivity index (χ2n) is 9.16. The van der Waals surface area contributed by atoms with Crippen molar-refractivity contribution in [1.82, 2.24) is 0 Å². The van der Waals surface area contributed by atoms with E-state index < -0.39 is 0 Å². The van der Waals surface area contributed by atoms with Crippen molar-refractivity contribution >= 4 is 24.1 Å². The Bertz CT molecular complexity index is 962. The molecule has 2 aromatic carbocycles. The maximum atomic E-state index is 10.4. The largest absolute Gasteiger partial charge is 0.507 e. The number of nitrogens with two attached hydrogens (primary N) is 1. The van der Waals surface area contributed by atoms with E-state index in [-0.39, 0.29) is 24.0 Å². The van der Waals surface area contributed by atoms with Gasteiger partial charge in [-0.05, 0) is 101 Å². The normalized spacial score (nSPS) is 16.8. The molecule has 33 heavy (non-hydrogen) atoms. The Morgan fingerprint density at radius 3 is 2.42 bits per heavy atom. The molecule has 0 fully saturated rings. The standard InChI is InChI=1S/C26H37N3O3.ClH/c1-17-18(2)24-22(19(3)23(17)30)13-15-26(4,32-24)14-7-5-6-8-16-31-21-11-9-20(10-12-21)29-25(27)28;/h9-12,30H,5-8,13-16H2,1-4H3,(H4,27,28,29);1H. The predicted molar refractivity (Wildman–Crippen MR) is 137 cm³/mol. The van der Waals surface area contributed by atoms with Crippen molar-refractivity contribution in [1.29, 1.82) is 5.41 Å². The van der Waals surface area contributed by atoms with Gasteiger partial charge in [-0.15, -0.1) is 12.4 Å². The van der Waals surface area contributed by atoms with Crippen LogP contribution in [0.5, 0.6) is 17.2 Å². The van der Waals surface area contributed by atoms with Gasteiger partial charge in [-0.2, -0.15) is 0 Å². The highest BCUT2D eigenvalue weighted by Gasteiger charge is 2.34. The minimum absolute atomic E-state index is 0. The van der Waals surface area contributed by atoms with Gasteiger partial charge in [0.05, 0.1) is 6.61 Å². The minimum Gasteiger partial charge on any atom is -0.507 e. The number of phenolic OH excluding ortho intramolecular Hbond substituents is 1. The fourth-order valence-electron chi connectivity index (χ4n) is 4.41.